The van der Waals surface area contributed by atoms with E-state index < -0.39 is 52.2 Å². The molecule has 0 aliphatic rings. The molecule has 2 atom stereocenters. The molecule has 0 saturated carbocycles. The Bertz CT molecular complexity index is 1080. The van der Waals surface area contributed by atoms with Crippen molar-refractivity contribution in [1.29, 1.82) is 0 Å². The van der Waals surface area contributed by atoms with Gasteiger partial charge in [0.05, 0.1) is 10.8 Å². The minimum absolute atomic E-state index is 0.0351. The van der Waals surface area contributed by atoms with Gasteiger partial charge < -0.3 is 18.9 Å². The fourth-order valence-electron chi connectivity index (χ4n) is 3.29. The van der Waals surface area contributed by atoms with Gasteiger partial charge in [-0.05, 0) is 72.6 Å². The second-order valence-electron chi connectivity index (χ2n) is 11.6. The first-order valence-corrected chi connectivity index (χ1v) is 12.8. The standard InChI is InChI=1S/C30H41F3O7/c1-20(19-39-25(35)28(6,7)8)15-16-23(21(2)17-18-38-24(34)27(3,4)5)40-26(36)29(37-9,30(31,32)33)22-13-11-10-12-14-22/h10-15,17,23H,16,18-19H2,1-9H3/b20-15+,21-17+/t23-,29+/m1/s1. The molecule has 1 aromatic rings. The number of rotatable bonds is 11. The third-order valence-corrected chi connectivity index (χ3v) is 5.89. The van der Waals surface area contributed by atoms with Gasteiger partial charge in [0.25, 0.3) is 5.60 Å². The molecule has 0 fully saturated rings. The Labute approximate surface area is 234 Å². The number of methoxy groups -OCH3 is 1. The van der Waals surface area contributed by atoms with Gasteiger partial charge in [-0.25, -0.2) is 4.79 Å². The Morgan fingerprint density at radius 2 is 1.35 bits per heavy atom. The Morgan fingerprint density at radius 1 is 0.825 bits per heavy atom. The maximum Gasteiger partial charge on any atom is 0.432 e. The zero-order valence-electron chi connectivity index (χ0n) is 24.7. The van der Waals surface area contributed by atoms with Crippen molar-refractivity contribution in [2.45, 2.75) is 79.7 Å². The summed E-state index contributed by atoms with van der Waals surface area (Å²) in [4.78, 5) is 37.5. The Hall–Kier alpha value is -3.14. The van der Waals surface area contributed by atoms with Crippen molar-refractivity contribution >= 4 is 17.9 Å². The van der Waals surface area contributed by atoms with Crippen LogP contribution in [0.3, 0.4) is 0 Å². The van der Waals surface area contributed by atoms with Gasteiger partial charge in [0.1, 0.15) is 19.3 Å². The minimum atomic E-state index is -5.14. The molecule has 1 rings (SSSR count). The number of carbonyl (C=O) groups is 3. The van der Waals surface area contributed by atoms with Gasteiger partial charge in [-0.2, -0.15) is 13.2 Å². The normalized spacial score (nSPS) is 15.6. The van der Waals surface area contributed by atoms with Crippen LogP contribution in [0, 0.1) is 10.8 Å². The summed E-state index contributed by atoms with van der Waals surface area (Å²) >= 11 is 0. The van der Waals surface area contributed by atoms with Gasteiger partial charge >= 0.3 is 24.1 Å². The summed E-state index contributed by atoms with van der Waals surface area (Å²) in [5, 5.41) is 0. The molecule has 1 aromatic carbocycles. The van der Waals surface area contributed by atoms with Crippen molar-refractivity contribution in [2.24, 2.45) is 10.8 Å². The highest BCUT2D eigenvalue weighted by atomic mass is 19.4. The van der Waals surface area contributed by atoms with E-state index in [4.69, 9.17) is 18.9 Å². The number of carbonyl (C=O) groups excluding carboxylic acids is 3. The summed E-state index contributed by atoms with van der Waals surface area (Å²) in [6, 6.07) is 6.50. The zero-order chi connectivity index (χ0) is 30.9. The van der Waals surface area contributed by atoms with E-state index in [0.717, 1.165) is 19.2 Å². The molecular weight excluding hydrogens is 529 g/mol. The van der Waals surface area contributed by atoms with Crippen LogP contribution in [-0.2, 0) is 38.9 Å². The number of hydrogen-bond donors (Lipinski definition) is 0. The second kappa shape index (κ2) is 14.0. The smallest absolute Gasteiger partial charge is 0.432 e. The van der Waals surface area contributed by atoms with Gasteiger partial charge in [0.2, 0.25) is 0 Å². The van der Waals surface area contributed by atoms with E-state index in [2.05, 4.69) is 0 Å². The SMILES string of the molecule is CO[C@](C(=O)O[C@H](C/C=C(\C)COC(=O)C(C)(C)C)/C(C)=C/COC(=O)C(C)(C)C)(c1ccccc1)C(F)(F)F. The van der Waals surface area contributed by atoms with E-state index in [-0.39, 0.29) is 19.6 Å². The monoisotopic (exact) mass is 570 g/mol. The van der Waals surface area contributed by atoms with Crippen molar-refractivity contribution in [1.82, 2.24) is 0 Å². The quantitative estimate of drug-likeness (QED) is 0.171. The lowest BCUT2D eigenvalue weighted by molar-refractivity contribution is -0.277. The molecular formula is C30H41F3O7. The zero-order valence-corrected chi connectivity index (χ0v) is 24.7. The largest absolute Gasteiger partial charge is 0.461 e. The van der Waals surface area contributed by atoms with Crippen molar-refractivity contribution < 1.29 is 46.5 Å². The van der Waals surface area contributed by atoms with Crippen molar-refractivity contribution in [3.05, 3.63) is 59.2 Å². The first-order chi connectivity index (χ1) is 18.3. The van der Waals surface area contributed by atoms with E-state index in [1.807, 2.05) is 0 Å². The van der Waals surface area contributed by atoms with E-state index in [0.29, 0.717) is 11.1 Å². The summed E-state index contributed by atoms with van der Waals surface area (Å²) in [5.74, 6) is -2.54. The molecule has 40 heavy (non-hydrogen) atoms. The number of ether oxygens (including phenoxy) is 4. The molecule has 0 unspecified atom stereocenters. The summed E-state index contributed by atoms with van der Waals surface area (Å²) in [6.45, 7) is 13.2. The molecule has 0 saturated heterocycles. The van der Waals surface area contributed by atoms with Crippen LogP contribution in [0.25, 0.3) is 0 Å². The molecule has 0 amide bonds. The van der Waals surface area contributed by atoms with Gasteiger partial charge in [-0.15, -0.1) is 0 Å². The summed E-state index contributed by atoms with van der Waals surface area (Å²) in [7, 11) is 0.791. The Kier molecular flexibility index (Phi) is 12.2. The molecule has 0 N–H and O–H groups in total. The average Bonchev–Trinajstić information content (AvgIpc) is 2.84. The first kappa shape index (κ1) is 34.9. The topological polar surface area (TPSA) is 88.1 Å². The van der Waals surface area contributed by atoms with Crippen LogP contribution < -0.4 is 0 Å². The molecule has 0 aromatic heterocycles. The highest BCUT2D eigenvalue weighted by Crippen LogP contribution is 2.43. The molecule has 0 bridgehead atoms. The van der Waals surface area contributed by atoms with Crippen LogP contribution in [0.2, 0.25) is 0 Å². The number of esters is 3. The Balaban J connectivity index is 3.33. The molecule has 7 nitrogen and oxygen atoms in total. The van der Waals surface area contributed by atoms with Crippen LogP contribution in [-0.4, -0.2) is 50.5 Å². The van der Waals surface area contributed by atoms with Crippen LogP contribution >= 0.6 is 0 Å². The molecule has 224 valence electrons. The van der Waals surface area contributed by atoms with Crippen molar-refractivity contribution in [3.8, 4) is 0 Å². The molecule has 0 aliphatic carbocycles. The van der Waals surface area contributed by atoms with Gasteiger partial charge in [0, 0.05) is 19.1 Å². The van der Waals surface area contributed by atoms with Crippen molar-refractivity contribution in [3.63, 3.8) is 0 Å². The molecule has 10 heteroatoms. The predicted molar refractivity (Wildman–Crippen MR) is 144 cm³/mol. The number of hydrogen-bond acceptors (Lipinski definition) is 7. The fraction of sp³-hybridized carbons (Fsp3) is 0.567. The fourth-order valence-corrected chi connectivity index (χ4v) is 3.29. The summed E-state index contributed by atoms with van der Waals surface area (Å²) in [5.41, 5.74) is -4.31. The molecule has 0 aliphatic heterocycles. The predicted octanol–water partition coefficient (Wildman–Crippen LogP) is 6.46. The van der Waals surface area contributed by atoms with Gasteiger partial charge in [0.15, 0.2) is 0 Å². The highest BCUT2D eigenvalue weighted by molar-refractivity contribution is 5.83. The lowest BCUT2D eigenvalue weighted by Crippen LogP contribution is -2.52. The number of halogens is 3. The minimum Gasteiger partial charge on any atom is -0.461 e. The number of alkyl halides is 3. The summed E-state index contributed by atoms with van der Waals surface area (Å²) in [6.07, 6.45) is -3.27. The molecule has 0 heterocycles. The second-order valence-corrected chi connectivity index (χ2v) is 11.6. The maximum atomic E-state index is 14.4. The van der Waals surface area contributed by atoms with E-state index in [9.17, 15) is 27.6 Å². The summed E-state index contributed by atoms with van der Waals surface area (Å²) < 4.78 is 64.0. The number of benzene rings is 1. The molecule has 0 radical (unpaired) electrons. The van der Waals surface area contributed by atoms with E-state index in [1.54, 1.807) is 61.5 Å². The van der Waals surface area contributed by atoms with Crippen molar-refractivity contribution in [2.75, 3.05) is 20.3 Å². The lowest BCUT2D eigenvalue weighted by Gasteiger charge is -2.34. The van der Waals surface area contributed by atoms with Crippen LogP contribution in [0.4, 0.5) is 13.2 Å². The maximum absolute atomic E-state index is 14.4. The van der Waals surface area contributed by atoms with Gasteiger partial charge in [-0.3, -0.25) is 9.59 Å². The van der Waals surface area contributed by atoms with Crippen LogP contribution in [0.5, 0.6) is 0 Å². The lowest BCUT2D eigenvalue weighted by atomic mass is 9.92. The van der Waals surface area contributed by atoms with Gasteiger partial charge in [-0.1, -0.05) is 36.4 Å². The first-order valence-electron chi connectivity index (χ1n) is 12.8. The van der Waals surface area contributed by atoms with E-state index >= 15 is 0 Å². The van der Waals surface area contributed by atoms with Crippen LogP contribution in [0.15, 0.2) is 53.6 Å². The molecule has 0 spiro atoms. The average molecular weight is 571 g/mol. The highest BCUT2D eigenvalue weighted by Gasteiger charge is 2.64. The van der Waals surface area contributed by atoms with E-state index in [1.165, 1.54) is 24.3 Å². The third kappa shape index (κ3) is 9.50. The Morgan fingerprint density at radius 3 is 1.82 bits per heavy atom. The van der Waals surface area contributed by atoms with Crippen LogP contribution in [0.1, 0.15) is 67.4 Å². The third-order valence-electron chi connectivity index (χ3n) is 5.89.